The number of nitrogens with zero attached hydrogens (tertiary/aromatic N) is 4. The molecule has 2 aliphatic rings. The molecular formula is C33H42N6O5. The molecule has 5 rings (SSSR count). The van der Waals surface area contributed by atoms with Crippen molar-refractivity contribution in [3.05, 3.63) is 59.0 Å². The summed E-state index contributed by atoms with van der Waals surface area (Å²) in [5.41, 5.74) is 4.14. The summed E-state index contributed by atoms with van der Waals surface area (Å²) in [6, 6.07) is 9.67. The second-order valence-corrected chi connectivity index (χ2v) is 11.4. The maximum Gasteiger partial charge on any atom is 0.308 e. The van der Waals surface area contributed by atoms with Gasteiger partial charge < -0.3 is 30.1 Å². The van der Waals surface area contributed by atoms with E-state index in [1.54, 1.807) is 25.3 Å². The molecule has 1 fully saturated rings. The van der Waals surface area contributed by atoms with Crippen molar-refractivity contribution < 1.29 is 24.2 Å². The van der Waals surface area contributed by atoms with Crippen molar-refractivity contribution >= 4 is 29.2 Å². The highest BCUT2D eigenvalue weighted by Gasteiger charge is 2.27. The summed E-state index contributed by atoms with van der Waals surface area (Å²) in [6.45, 7) is 4.81. The van der Waals surface area contributed by atoms with E-state index in [1.165, 1.54) is 19.0 Å². The van der Waals surface area contributed by atoms with E-state index in [4.69, 9.17) is 14.5 Å². The molecule has 11 heteroatoms. The van der Waals surface area contributed by atoms with Gasteiger partial charge in [-0.25, -0.2) is 15.0 Å². The van der Waals surface area contributed by atoms with Crippen molar-refractivity contribution in [3.8, 4) is 11.5 Å². The fourth-order valence-corrected chi connectivity index (χ4v) is 6.14. The van der Waals surface area contributed by atoms with E-state index in [-0.39, 0.29) is 25.2 Å². The number of benzene rings is 1. The molecule has 0 bridgehead atoms. The average molecular weight is 603 g/mol. The minimum Gasteiger partial charge on any atom is -0.493 e. The summed E-state index contributed by atoms with van der Waals surface area (Å²) in [5.74, 6) is 1.92. The van der Waals surface area contributed by atoms with Gasteiger partial charge in [0.25, 0.3) is 0 Å². The Bertz CT molecular complexity index is 1470. The standard InChI is InChI=1S/C33H42N6O5/c1-4-26-31(35-19-24(33(41)42)18-25(40)16-21-7-10-28(43-2)29(17-21)44-3)36-20-37-32(26)39-14-11-22(12-15-39)27-9-8-23-6-5-13-34-30(23)38-27/h7-10,17,20,22,24H,4-6,11-16,18-19H2,1-3H3,(H,34,38)(H,41,42)(H,35,36,37)/t24-/m0/s1. The van der Waals surface area contributed by atoms with E-state index in [0.717, 1.165) is 73.8 Å². The third-order valence-corrected chi connectivity index (χ3v) is 8.59. The van der Waals surface area contributed by atoms with Gasteiger partial charge in [0.05, 0.1) is 20.1 Å². The number of nitrogens with one attached hydrogen (secondary N) is 2. The molecule has 1 aromatic carbocycles. The molecule has 234 valence electrons. The van der Waals surface area contributed by atoms with Crippen molar-refractivity contribution in [3.63, 3.8) is 0 Å². The molecule has 3 aromatic rings. The lowest BCUT2D eigenvalue weighted by Crippen LogP contribution is -2.35. The normalized spacial score (nSPS) is 15.6. The number of piperidine rings is 1. The summed E-state index contributed by atoms with van der Waals surface area (Å²) in [5, 5.41) is 16.6. The van der Waals surface area contributed by atoms with Crippen LogP contribution in [0.25, 0.3) is 0 Å². The number of anilines is 3. The zero-order chi connectivity index (χ0) is 31.1. The second kappa shape index (κ2) is 14.4. The minimum atomic E-state index is -1.03. The highest BCUT2D eigenvalue weighted by molar-refractivity contribution is 5.86. The summed E-state index contributed by atoms with van der Waals surface area (Å²) in [7, 11) is 3.08. The number of fused-ring (bicyclic) bond motifs is 1. The van der Waals surface area contributed by atoms with Crippen LogP contribution < -0.4 is 25.0 Å². The number of methoxy groups -OCH3 is 2. The predicted molar refractivity (Wildman–Crippen MR) is 169 cm³/mol. The van der Waals surface area contributed by atoms with Crippen molar-refractivity contribution in [1.82, 2.24) is 15.0 Å². The van der Waals surface area contributed by atoms with Crippen LogP contribution in [0.15, 0.2) is 36.7 Å². The fourth-order valence-electron chi connectivity index (χ4n) is 6.14. The van der Waals surface area contributed by atoms with Crippen molar-refractivity contribution in [2.45, 2.75) is 57.8 Å². The summed E-state index contributed by atoms with van der Waals surface area (Å²) in [6.07, 6.45) is 6.41. The fraction of sp³-hybridized carbons (Fsp3) is 0.485. The molecule has 1 atom stereocenters. The van der Waals surface area contributed by atoms with Crippen LogP contribution in [-0.2, 0) is 28.9 Å². The average Bonchev–Trinajstić information content (AvgIpc) is 3.06. The van der Waals surface area contributed by atoms with Gasteiger partial charge in [-0.1, -0.05) is 19.1 Å². The molecule has 3 N–H and O–H groups in total. The highest BCUT2D eigenvalue weighted by Crippen LogP contribution is 2.34. The summed E-state index contributed by atoms with van der Waals surface area (Å²) in [4.78, 5) is 41.3. The number of aromatic nitrogens is 3. The number of hydrogen-bond acceptors (Lipinski definition) is 10. The Morgan fingerprint density at radius 1 is 1.11 bits per heavy atom. The number of aliphatic carboxylic acids is 1. The molecule has 2 aromatic heterocycles. The van der Waals surface area contributed by atoms with Gasteiger partial charge in [-0.2, -0.15) is 0 Å². The first-order valence-electron chi connectivity index (χ1n) is 15.4. The third kappa shape index (κ3) is 7.20. The van der Waals surface area contributed by atoms with Crippen molar-refractivity contribution in [1.29, 1.82) is 0 Å². The number of ether oxygens (including phenoxy) is 2. The Balaban J connectivity index is 1.20. The molecular weight excluding hydrogens is 560 g/mol. The Morgan fingerprint density at radius 2 is 1.91 bits per heavy atom. The van der Waals surface area contributed by atoms with Gasteiger partial charge in [-0.05, 0) is 61.4 Å². The first kappa shape index (κ1) is 31.0. The van der Waals surface area contributed by atoms with Crippen LogP contribution in [-0.4, -0.2) is 72.2 Å². The minimum absolute atomic E-state index is 0.0799. The van der Waals surface area contributed by atoms with Crippen LogP contribution in [0.3, 0.4) is 0 Å². The van der Waals surface area contributed by atoms with Gasteiger partial charge in [0.2, 0.25) is 0 Å². The molecule has 1 saturated heterocycles. The first-order chi connectivity index (χ1) is 21.4. The molecule has 0 unspecified atom stereocenters. The van der Waals surface area contributed by atoms with E-state index in [0.29, 0.717) is 29.7 Å². The van der Waals surface area contributed by atoms with Gasteiger partial charge in [0.1, 0.15) is 29.6 Å². The second-order valence-electron chi connectivity index (χ2n) is 11.4. The van der Waals surface area contributed by atoms with Crippen LogP contribution in [0.4, 0.5) is 17.5 Å². The number of rotatable bonds is 13. The number of Topliss-reactive ketones (excluding diaryl/α,β-unsaturated/α-hetero) is 1. The van der Waals surface area contributed by atoms with E-state index < -0.39 is 11.9 Å². The maximum atomic E-state index is 12.9. The van der Waals surface area contributed by atoms with Crippen LogP contribution in [0.5, 0.6) is 11.5 Å². The molecule has 2 aliphatic heterocycles. The number of hydrogen-bond donors (Lipinski definition) is 3. The van der Waals surface area contributed by atoms with Crippen LogP contribution in [0.1, 0.15) is 60.9 Å². The molecule has 0 saturated carbocycles. The van der Waals surface area contributed by atoms with E-state index in [9.17, 15) is 14.7 Å². The quantitative estimate of drug-likeness (QED) is 0.255. The largest absolute Gasteiger partial charge is 0.493 e. The monoisotopic (exact) mass is 602 g/mol. The topological polar surface area (TPSA) is 139 Å². The Hall–Kier alpha value is -4.41. The van der Waals surface area contributed by atoms with Crippen LogP contribution in [0.2, 0.25) is 0 Å². The van der Waals surface area contributed by atoms with Gasteiger partial charge in [0.15, 0.2) is 11.5 Å². The van der Waals surface area contributed by atoms with E-state index >= 15 is 0 Å². The van der Waals surface area contributed by atoms with Crippen molar-refractivity contribution in [2.24, 2.45) is 5.92 Å². The summed E-state index contributed by atoms with van der Waals surface area (Å²) < 4.78 is 10.6. The van der Waals surface area contributed by atoms with Gasteiger partial charge in [0, 0.05) is 56.2 Å². The first-order valence-corrected chi connectivity index (χ1v) is 15.4. The molecule has 4 heterocycles. The molecule has 0 radical (unpaired) electrons. The highest BCUT2D eigenvalue weighted by atomic mass is 16.5. The van der Waals surface area contributed by atoms with Gasteiger partial charge in [-0.3, -0.25) is 9.59 Å². The zero-order valence-corrected chi connectivity index (χ0v) is 25.8. The predicted octanol–water partition coefficient (Wildman–Crippen LogP) is 4.51. The SMILES string of the molecule is CCc1c(NC[C@H](CC(=O)Cc2ccc(OC)c(OC)c2)C(=O)O)ncnc1N1CCC(c2ccc3c(n2)NCCC3)CC1. The maximum absolute atomic E-state index is 12.9. The zero-order valence-electron chi connectivity index (χ0n) is 25.8. The lowest BCUT2D eigenvalue weighted by molar-refractivity contribution is -0.143. The van der Waals surface area contributed by atoms with Crippen LogP contribution >= 0.6 is 0 Å². The number of carboxylic acid groups (broad SMARTS) is 1. The Labute approximate surface area is 258 Å². The Morgan fingerprint density at radius 3 is 2.64 bits per heavy atom. The lowest BCUT2D eigenvalue weighted by Gasteiger charge is -2.34. The van der Waals surface area contributed by atoms with Gasteiger partial charge >= 0.3 is 5.97 Å². The number of carboxylic acids is 1. The third-order valence-electron chi connectivity index (χ3n) is 8.59. The number of carbonyl (C=O) groups excluding carboxylic acids is 1. The summed E-state index contributed by atoms with van der Waals surface area (Å²) >= 11 is 0. The van der Waals surface area contributed by atoms with Crippen molar-refractivity contribution in [2.75, 3.05) is 55.9 Å². The number of ketones is 1. The molecule has 11 nitrogen and oxygen atoms in total. The molecule has 0 amide bonds. The number of carbonyl (C=O) groups is 2. The number of aryl methyl sites for hydroxylation is 1. The van der Waals surface area contributed by atoms with E-state index in [2.05, 4.69) is 37.6 Å². The van der Waals surface area contributed by atoms with Gasteiger partial charge in [-0.15, -0.1) is 0 Å². The smallest absolute Gasteiger partial charge is 0.308 e. The Kier molecular flexibility index (Phi) is 10.1. The number of pyridine rings is 1. The molecule has 0 aliphatic carbocycles. The molecule has 44 heavy (non-hydrogen) atoms. The lowest BCUT2D eigenvalue weighted by atomic mass is 9.92. The van der Waals surface area contributed by atoms with E-state index in [1.807, 2.05) is 6.92 Å². The molecule has 0 spiro atoms. The van der Waals surface area contributed by atoms with Crippen LogP contribution in [0, 0.1) is 5.92 Å².